The van der Waals surface area contributed by atoms with Gasteiger partial charge in [-0.15, -0.1) is 0 Å². The smallest absolute Gasteiger partial charge is 0.159 e. The number of Topliss-reactive ketones (excluding diaryl/α,β-unsaturated/α-hetero) is 1. The maximum Gasteiger partial charge on any atom is 0.159 e. The molecular weight excluding hydrogens is 236 g/mol. The molecule has 3 heteroatoms. The van der Waals surface area contributed by atoms with Crippen LogP contribution in [0.15, 0.2) is 24.3 Å². The molecule has 1 aliphatic heterocycles. The predicted octanol–water partition coefficient (Wildman–Crippen LogP) is 2.86. The van der Waals surface area contributed by atoms with E-state index in [1.54, 1.807) is 6.92 Å². The summed E-state index contributed by atoms with van der Waals surface area (Å²) in [6, 6.07) is 7.93. The summed E-state index contributed by atoms with van der Waals surface area (Å²) in [5.41, 5.74) is 2.13. The van der Waals surface area contributed by atoms with Crippen LogP contribution in [0.3, 0.4) is 0 Å². The lowest BCUT2D eigenvalue weighted by molar-refractivity contribution is 0.101. The van der Waals surface area contributed by atoms with Gasteiger partial charge in [0.2, 0.25) is 0 Å². The summed E-state index contributed by atoms with van der Waals surface area (Å²) >= 11 is 0. The Kier molecular flexibility index (Phi) is 3.43. The Labute approximate surface area is 116 Å². The summed E-state index contributed by atoms with van der Waals surface area (Å²) in [6.45, 7) is 12.4. The van der Waals surface area contributed by atoms with E-state index >= 15 is 0 Å². The minimum atomic E-state index is 0.0843. The zero-order valence-electron chi connectivity index (χ0n) is 12.6. The number of rotatable bonds is 2. The number of hydrogen-bond donors (Lipinski definition) is 1. The Bertz CT molecular complexity index is 458. The lowest BCUT2D eigenvalue weighted by Crippen LogP contribution is -2.66. The van der Waals surface area contributed by atoms with E-state index in [1.165, 1.54) is 5.69 Å². The summed E-state index contributed by atoms with van der Waals surface area (Å²) in [6.07, 6.45) is 0. The summed E-state index contributed by atoms with van der Waals surface area (Å²) in [5.74, 6) is 0.118. The molecule has 2 rings (SSSR count). The fraction of sp³-hybridized carbons (Fsp3) is 0.562. The Balaban J connectivity index is 2.23. The highest BCUT2D eigenvalue weighted by Crippen LogP contribution is 2.26. The van der Waals surface area contributed by atoms with Gasteiger partial charge in [-0.3, -0.25) is 4.79 Å². The largest absolute Gasteiger partial charge is 0.368 e. The molecule has 0 bridgehead atoms. The Hall–Kier alpha value is -1.35. The third-order valence-electron chi connectivity index (χ3n) is 3.49. The second-order valence-electron chi connectivity index (χ2n) is 6.85. The fourth-order valence-corrected chi connectivity index (χ4v) is 3.09. The third kappa shape index (κ3) is 3.35. The van der Waals surface area contributed by atoms with Gasteiger partial charge in [-0.1, -0.05) is 0 Å². The molecule has 0 atom stereocenters. The molecular formula is C16H24N2O. The van der Waals surface area contributed by atoms with E-state index in [0.29, 0.717) is 0 Å². The van der Waals surface area contributed by atoms with Crippen LogP contribution in [0.25, 0.3) is 0 Å². The van der Waals surface area contributed by atoms with Crippen molar-refractivity contribution in [3.8, 4) is 0 Å². The molecule has 0 saturated carbocycles. The number of carbonyl (C=O) groups is 1. The van der Waals surface area contributed by atoms with Gasteiger partial charge >= 0.3 is 0 Å². The van der Waals surface area contributed by atoms with E-state index in [-0.39, 0.29) is 16.9 Å². The van der Waals surface area contributed by atoms with E-state index in [0.717, 1.165) is 18.7 Å². The molecule has 104 valence electrons. The number of hydrogen-bond acceptors (Lipinski definition) is 3. The second kappa shape index (κ2) is 4.64. The minimum Gasteiger partial charge on any atom is -0.368 e. The number of ketones is 1. The van der Waals surface area contributed by atoms with Crippen LogP contribution in [0.2, 0.25) is 0 Å². The molecule has 0 radical (unpaired) electrons. The van der Waals surface area contributed by atoms with Crippen LogP contribution in [-0.4, -0.2) is 30.0 Å². The molecule has 0 aromatic heterocycles. The number of nitrogens with zero attached hydrogens (tertiary/aromatic N) is 1. The highest BCUT2D eigenvalue weighted by Gasteiger charge is 2.36. The van der Waals surface area contributed by atoms with Crippen LogP contribution in [-0.2, 0) is 0 Å². The quantitative estimate of drug-likeness (QED) is 0.830. The summed E-state index contributed by atoms with van der Waals surface area (Å²) in [4.78, 5) is 13.7. The number of anilines is 1. The van der Waals surface area contributed by atoms with Gasteiger partial charge < -0.3 is 10.2 Å². The van der Waals surface area contributed by atoms with Crippen molar-refractivity contribution in [3.05, 3.63) is 29.8 Å². The van der Waals surface area contributed by atoms with E-state index in [2.05, 4.69) is 37.9 Å². The minimum absolute atomic E-state index is 0.0843. The fourth-order valence-electron chi connectivity index (χ4n) is 3.09. The maximum atomic E-state index is 11.3. The molecule has 1 fully saturated rings. The predicted molar refractivity (Wildman–Crippen MR) is 80.0 cm³/mol. The van der Waals surface area contributed by atoms with Crippen molar-refractivity contribution >= 4 is 11.5 Å². The molecule has 0 spiro atoms. The van der Waals surface area contributed by atoms with Gasteiger partial charge in [0.1, 0.15) is 0 Å². The van der Waals surface area contributed by atoms with Crippen molar-refractivity contribution in [3.63, 3.8) is 0 Å². The monoisotopic (exact) mass is 260 g/mol. The second-order valence-corrected chi connectivity index (χ2v) is 6.85. The average Bonchev–Trinajstić information content (AvgIpc) is 2.25. The molecule has 1 heterocycles. The molecule has 19 heavy (non-hydrogen) atoms. The number of nitrogens with one attached hydrogen (secondary N) is 1. The Morgan fingerprint density at radius 1 is 1.05 bits per heavy atom. The summed E-state index contributed by atoms with van der Waals surface area (Å²) in [5, 5.41) is 3.67. The Morgan fingerprint density at radius 3 is 1.95 bits per heavy atom. The normalized spacial score (nSPS) is 21.2. The van der Waals surface area contributed by atoms with Crippen molar-refractivity contribution in [2.75, 3.05) is 18.0 Å². The van der Waals surface area contributed by atoms with Crippen molar-refractivity contribution < 1.29 is 4.79 Å². The van der Waals surface area contributed by atoms with Crippen LogP contribution in [0.4, 0.5) is 5.69 Å². The van der Waals surface area contributed by atoms with Crippen LogP contribution in [0.1, 0.15) is 45.0 Å². The van der Waals surface area contributed by atoms with Gasteiger partial charge in [0, 0.05) is 35.4 Å². The average molecular weight is 260 g/mol. The standard InChI is InChI=1S/C16H24N2O/c1-12(19)13-6-8-14(9-7-13)18-10-15(2,3)17-16(4,5)11-18/h6-9,17H,10-11H2,1-5H3. The lowest BCUT2D eigenvalue weighted by Gasteiger charge is -2.49. The number of benzene rings is 1. The van der Waals surface area contributed by atoms with E-state index in [1.807, 2.05) is 24.3 Å². The highest BCUT2D eigenvalue weighted by atomic mass is 16.1. The molecule has 1 N–H and O–H groups in total. The molecule has 1 aromatic carbocycles. The first kappa shape index (κ1) is 14.1. The van der Waals surface area contributed by atoms with Crippen LogP contribution < -0.4 is 10.2 Å². The van der Waals surface area contributed by atoms with Gasteiger partial charge in [0.25, 0.3) is 0 Å². The van der Waals surface area contributed by atoms with Gasteiger partial charge in [-0.25, -0.2) is 0 Å². The van der Waals surface area contributed by atoms with Crippen LogP contribution in [0, 0.1) is 0 Å². The first-order chi connectivity index (χ1) is 8.69. The third-order valence-corrected chi connectivity index (χ3v) is 3.49. The Morgan fingerprint density at radius 2 is 1.53 bits per heavy atom. The number of piperazine rings is 1. The first-order valence-corrected chi connectivity index (χ1v) is 6.84. The molecule has 1 aliphatic rings. The molecule has 0 amide bonds. The summed E-state index contributed by atoms with van der Waals surface area (Å²) in [7, 11) is 0. The maximum absolute atomic E-state index is 11.3. The van der Waals surface area contributed by atoms with Crippen molar-refractivity contribution in [2.24, 2.45) is 0 Å². The zero-order chi connectivity index (χ0) is 14.3. The van der Waals surface area contributed by atoms with Gasteiger partial charge in [0.15, 0.2) is 5.78 Å². The highest BCUT2D eigenvalue weighted by molar-refractivity contribution is 5.94. The lowest BCUT2D eigenvalue weighted by atomic mass is 9.91. The number of carbonyl (C=O) groups excluding carboxylic acids is 1. The van der Waals surface area contributed by atoms with Crippen LogP contribution >= 0.6 is 0 Å². The molecule has 1 aromatic rings. The van der Waals surface area contributed by atoms with Gasteiger partial charge in [0.05, 0.1) is 0 Å². The zero-order valence-corrected chi connectivity index (χ0v) is 12.6. The van der Waals surface area contributed by atoms with Gasteiger partial charge in [-0.05, 0) is 58.9 Å². The van der Waals surface area contributed by atoms with Crippen molar-refractivity contribution in [1.82, 2.24) is 5.32 Å². The SMILES string of the molecule is CC(=O)c1ccc(N2CC(C)(C)NC(C)(C)C2)cc1. The molecule has 1 saturated heterocycles. The van der Waals surface area contributed by atoms with E-state index in [4.69, 9.17) is 0 Å². The topological polar surface area (TPSA) is 32.3 Å². The molecule has 3 nitrogen and oxygen atoms in total. The van der Waals surface area contributed by atoms with Crippen molar-refractivity contribution in [2.45, 2.75) is 45.7 Å². The molecule has 0 unspecified atom stereocenters. The van der Waals surface area contributed by atoms with Gasteiger partial charge in [-0.2, -0.15) is 0 Å². The van der Waals surface area contributed by atoms with Crippen molar-refractivity contribution in [1.29, 1.82) is 0 Å². The summed E-state index contributed by atoms with van der Waals surface area (Å²) < 4.78 is 0. The van der Waals surface area contributed by atoms with Crippen LogP contribution in [0.5, 0.6) is 0 Å². The van der Waals surface area contributed by atoms with E-state index in [9.17, 15) is 4.79 Å². The van der Waals surface area contributed by atoms with E-state index < -0.39 is 0 Å². The molecule has 0 aliphatic carbocycles. The first-order valence-electron chi connectivity index (χ1n) is 6.84.